The van der Waals surface area contributed by atoms with E-state index in [4.69, 9.17) is 10.8 Å². The average Bonchev–Trinajstić information content (AvgIpc) is 2.18. The Morgan fingerprint density at radius 2 is 2.21 bits per heavy atom. The van der Waals surface area contributed by atoms with Crippen LogP contribution in [0.4, 0.5) is 0 Å². The summed E-state index contributed by atoms with van der Waals surface area (Å²) in [6.45, 7) is 3.88. The zero-order valence-corrected chi connectivity index (χ0v) is 8.45. The van der Waals surface area contributed by atoms with Crippen LogP contribution in [0.15, 0.2) is 24.3 Å². The molecule has 0 aliphatic carbocycles. The van der Waals surface area contributed by atoms with Gasteiger partial charge in [0.15, 0.2) is 0 Å². The molecule has 0 saturated heterocycles. The maximum absolute atomic E-state index is 10.7. The van der Waals surface area contributed by atoms with Gasteiger partial charge in [-0.3, -0.25) is 0 Å². The van der Waals surface area contributed by atoms with Gasteiger partial charge < -0.3 is 10.8 Å². The highest BCUT2D eigenvalue weighted by molar-refractivity contribution is 5.87. The predicted molar refractivity (Wildman–Crippen MR) is 55.2 cm³/mol. The van der Waals surface area contributed by atoms with Crippen LogP contribution in [0, 0.1) is 0 Å². The third-order valence-electron chi connectivity index (χ3n) is 2.50. The molecule has 1 aromatic rings. The van der Waals surface area contributed by atoms with Gasteiger partial charge in [-0.2, -0.15) is 0 Å². The Morgan fingerprint density at radius 3 is 2.71 bits per heavy atom. The minimum Gasteiger partial charge on any atom is -0.478 e. The Labute approximate surface area is 83.6 Å². The van der Waals surface area contributed by atoms with Crippen molar-refractivity contribution < 1.29 is 9.90 Å². The van der Waals surface area contributed by atoms with Crippen molar-refractivity contribution >= 4 is 5.97 Å². The summed E-state index contributed by atoms with van der Waals surface area (Å²) in [6, 6.07) is 6.78. The van der Waals surface area contributed by atoms with Gasteiger partial charge in [-0.1, -0.05) is 19.1 Å². The van der Waals surface area contributed by atoms with Crippen LogP contribution >= 0.6 is 0 Å². The van der Waals surface area contributed by atoms with E-state index in [1.165, 1.54) is 0 Å². The molecule has 0 radical (unpaired) electrons. The van der Waals surface area contributed by atoms with E-state index in [1.54, 1.807) is 18.2 Å². The number of carboxylic acids is 1. The van der Waals surface area contributed by atoms with Gasteiger partial charge in [0, 0.05) is 5.54 Å². The monoisotopic (exact) mass is 193 g/mol. The standard InChI is InChI=1S/C11H15NO2/c1-3-11(2,12)9-6-4-5-8(7-9)10(13)14/h4-7H,3,12H2,1-2H3,(H,13,14). The first kappa shape index (κ1) is 10.7. The van der Waals surface area contributed by atoms with Crippen LogP contribution in [-0.4, -0.2) is 11.1 Å². The lowest BCUT2D eigenvalue weighted by atomic mass is 9.89. The first-order valence-corrected chi connectivity index (χ1v) is 4.60. The van der Waals surface area contributed by atoms with E-state index in [2.05, 4.69) is 0 Å². The number of hydrogen-bond acceptors (Lipinski definition) is 2. The largest absolute Gasteiger partial charge is 0.478 e. The van der Waals surface area contributed by atoms with Crippen LogP contribution < -0.4 is 5.73 Å². The van der Waals surface area contributed by atoms with Gasteiger partial charge in [0.25, 0.3) is 0 Å². The van der Waals surface area contributed by atoms with Crippen molar-refractivity contribution in [2.45, 2.75) is 25.8 Å². The highest BCUT2D eigenvalue weighted by Gasteiger charge is 2.19. The minimum atomic E-state index is -0.918. The van der Waals surface area contributed by atoms with Gasteiger partial charge in [0.05, 0.1) is 5.56 Å². The molecule has 76 valence electrons. The summed E-state index contributed by atoms with van der Waals surface area (Å²) in [5, 5.41) is 8.81. The van der Waals surface area contributed by atoms with Crippen LogP contribution in [0.5, 0.6) is 0 Å². The molecule has 0 amide bonds. The average molecular weight is 193 g/mol. The summed E-state index contributed by atoms with van der Waals surface area (Å²) in [5.41, 5.74) is 6.71. The Morgan fingerprint density at radius 1 is 1.57 bits per heavy atom. The zero-order chi connectivity index (χ0) is 10.8. The summed E-state index contributed by atoms with van der Waals surface area (Å²) >= 11 is 0. The summed E-state index contributed by atoms with van der Waals surface area (Å²) in [6.07, 6.45) is 0.774. The Bertz CT molecular complexity index is 345. The van der Waals surface area contributed by atoms with E-state index in [-0.39, 0.29) is 5.56 Å². The van der Waals surface area contributed by atoms with Gasteiger partial charge in [0.2, 0.25) is 0 Å². The van der Waals surface area contributed by atoms with E-state index in [9.17, 15) is 4.79 Å². The van der Waals surface area contributed by atoms with E-state index in [1.807, 2.05) is 19.9 Å². The highest BCUT2D eigenvalue weighted by Crippen LogP contribution is 2.21. The number of rotatable bonds is 3. The highest BCUT2D eigenvalue weighted by atomic mass is 16.4. The molecule has 1 aromatic carbocycles. The van der Waals surface area contributed by atoms with E-state index < -0.39 is 11.5 Å². The number of hydrogen-bond donors (Lipinski definition) is 2. The molecular formula is C11H15NO2. The van der Waals surface area contributed by atoms with Crippen molar-refractivity contribution in [1.82, 2.24) is 0 Å². The Hall–Kier alpha value is -1.35. The SMILES string of the molecule is CCC(C)(N)c1cccc(C(=O)O)c1. The number of aromatic carboxylic acids is 1. The summed E-state index contributed by atoms with van der Waals surface area (Å²) in [7, 11) is 0. The topological polar surface area (TPSA) is 63.3 Å². The molecule has 1 rings (SSSR count). The van der Waals surface area contributed by atoms with Crippen LogP contribution in [0.3, 0.4) is 0 Å². The van der Waals surface area contributed by atoms with Crippen LogP contribution in [-0.2, 0) is 5.54 Å². The molecule has 14 heavy (non-hydrogen) atoms. The molecule has 0 aliphatic rings. The van der Waals surface area contributed by atoms with Crippen molar-refractivity contribution in [3.63, 3.8) is 0 Å². The second-order valence-corrected chi connectivity index (χ2v) is 3.66. The number of benzene rings is 1. The molecule has 3 nitrogen and oxygen atoms in total. The van der Waals surface area contributed by atoms with Crippen molar-refractivity contribution in [2.24, 2.45) is 5.73 Å². The molecule has 0 saturated carbocycles. The number of carbonyl (C=O) groups is 1. The van der Waals surface area contributed by atoms with Gasteiger partial charge >= 0.3 is 5.97 Å². The molecule has 1 unspecified atom stereocenters. The third kappa shape index (κ3) is 2.12. The molecule has 0 aliphatic heterocycles. The van der Waals surface area contributed by atoms with Gasteiger partial charge in [-0.05, 0) is 31.0 Å². The lowest BCUT2D eigenvalue weighted by Crippen LogP contribution is -2.32. The summed E-state index contributed by atoms with van der Waals surface area (Å²) in [5.74, 6) is -0.918. The predicted octanol–water partition coefficient (Wildman–Crippen LogP) is 1.97. The maximum atomic E-state index is 10.7. The summed E-state index contributed by atoms with van der Waals surface area (Å²) < 4.78 is 0. The molecule has 0 fully saturated rings. The van der Waals surface area contributed by atoms with Crippen LogP contribution in [0.25, 0.3) is 0 Å². The maximum Gasteiger partial charge on any atom is 0.335 e. The molecule has 3 N–H and O–H groups in total. The fraction of sp³-hybridized carbons (Fsp3) is 0.364. The quantitative estimate of drug-likeness (QED) is 0.771. The lowest BCUT2D eigenvalue weighted by molar-refractivity contribution is 0.0696. The second kappa shape index (κ2) is 3.80. The first-order valence-electron chi connectivity index (χ1n) is 4.60. The number of carboxylic acid groups (broad SMARTS) is 1. The fourth-order valence-electron chi connectivity index (χ4n) is 1.21. The van der Waals surface area contributed by atoms with Crippen LogP contribution in [0.2, 0.25) is 0 Å². The fourth-order valence-corrected chi connectivity index (χ4v) is 1.21. The van der Waals surface area contributed by atoms with Gasteiger partial charge in [0.1, 0.15) is 0 Å². The Kier molecular flexibility index (Phi) is 2.91. The first-order chi connectivity index (χ1) is 6.47. The molecule has 3 heteroatoms. The zero-order valence-electron chi connectivity index (χ0n) is 8.45. The normalized spacial score (nSPS) is 14.8. The molecule has 0 bridgehead atoms. The van der Waals surface area contributed by atoms with E-state index in [0.29, 0.717) is 0 Å². The molecule has 0 spiro atoms. The van der Waals surface area contributed by atoms with Crippen molar-refractivity contribution in [3.05, 3.63) is 35.4 Å². The molecule has 0 aromatic heterocycles. The summed E-state index contributed by atoms with van der Waals surface area (Å²) in [4.78, 5) is 10.7. The van der Waals surface area contributed by atoms with E-state index >= 15 is 0 Å². The lowest BCUT2D eigenvalue weighted by Gasteiger charge is -2.23. The number of nitrogens with two attached hydrogens (primary N) is 1. The van der Waals surface area contributed by atoms with Crippen molar-refractivity contribution in [3.8, 4) is 0 Å². The molecule has 0 heterocycles. The van der Waals surface area contributed by atoms with Crippen molar-refractivity contribution in [1.29, 1.82) is 0 Å². The van der Waals surface area contributed by atoms with Crippen molar-refractivity contribution in [2.75, 3.05) is 0 Å². The smallest absolute Gasteiger partial charge is 0.335 e. The molecular weight excluding hydrogens is 178 g/mol. The Balaban J connectivity index is 3.12. The molecule has 1 atom stereocenters. The van der Waals surface area contributed by atoms with Gasteiger partial charge in [-0.25, -0.2) is 4.79 Å². The third-order valence-corrected chi connectivity index (χ3v) is 2.50. The minimum absolute atomic E-state index is 0.285. The van der Waals surface area contributed by atoms with Gasteiger partial charge in [-0.15, -0.1) is 0 Å². The van der Waals surface area contributed by atoms with Crippen LogP contribution in [0.1, 0.15) is 36.2 Å². The van der Waals surface area contributed by atoms with E-state index in [0.717, 1.165) is 12.0 Å². The second-order valence-electron chi connectivity index (χ2n) is 3.66.